The molecule has 1 aromatic carbocycles. The maximum atomic E-state index is 12.9. The van der Waals surface area contributed by atoms with E-state index < -0.39 is 0 Å². The summed E-state index contributed by atoms with van der Waals surface area (Å²) in [5, 5.41) is 0. The van der Waals surface area contributed by atoms with Crippen LogP contribution in [0.3, 0.4) is 0 Å². The summed E-state index contributed by atoms with van der Waals surface area (Å²) in [6.45, 7) is 6.16. The van der Waals surface area contributed by atoms with Crippen molar-refractivity contribution in [2.75, 3.05) is 30.3 Å². The smallest absolute Gasteiger partial charge is 0.259 e. The number of nitrogens with two attached hydrogens (primary N) is 1. The largest absolute Gasteiger partial charge is 0.383 e. The highest BCUT2D eigenvalue weighted by atomic mass is 16.2. The number of nitrogens with zero attached hydrogens (tertiary/aromatic N) is 4. The summed E-state index contributed by atoms with van der Waals surface area (Å²) in [5.74, 6) is 0.755. The summed E-state index contributed by atoms with van der Waals surface area (Å²) in [6, 6.07) is 10.5. The van der Waals surface area contributed by atoms with Gasteiger partial charge in [-0.3, -0.25) is 4.79 Å². The summed E-state index contributed by atoms with van der Waals surface area (Å²) in [6.07, 6.45) is 2.43. The van der Waals surface area contributed by atoms with Gasteiger partial charge in [0.1, 0.15) is 17.2 Å². The number of carbonyl (C=O) groups excluding carboxylic acids is 1. The number of hydrogen-bond acceptors (Lipinski definition) is 5. The van der Waals surface area contributed by atoms with Crippen LogP contribution in [0.15, 0.2) is 36.5 Å². The Morgan fingerprint density at radius 1 is 1.29 bits per heavy atom. The van der Waals surface area contributed by atoms with Crippen LogP contribution in [0.1, 0.15) is 29.5 Å². The first-order chi connectivity index (χ1) is 11.6. The van der Waals surface area contributed by atoms with E-state index >= 15 is 0 Å². The average Bonchev–Trinajstić information content (AvgIpc) is 2.61. The lowest BCUT2D eigenvalue weighted by Gasteiger charge is -2.42. The monoisotopic (exact) mass is 325 g/mol. The van der Waals surface area contributed by atoms with E-state index in [0.717, 1.165) is 19.5 Å². The Labute approximate surface area is 142 Å². The van der Waals surface area contributed by atoms with E-state index in [9.17, 15) is 4.79 Å². The molecule has 3 rings (SSSR count). The molecule has 1 aliphatic heterocycles. The molecule has 1 amide bonds. The van der Waals surface area contributed by atoms with Gasteiger partial charge in [0.05, 0.1) is 0 Å². The molecular weight excluding hydrogens is 302 g/mol. The summed E-state index contributed by atoms with van der Waals surface area (Å²) >= 11 is 0. The van der Waals surface area contributed by atoms with Crippen molar-refractivity contribution in [1.82, 2.24) is 14.9 Å². The second-order valence-electron chi connectivity index (χ2n) is 6.06. The minimum absolute atomic E-state index is 0.0768. The molecule has 6 nitrogen and oxygen atoms in total. The van der Waals surface area contributed by atoms with Crippen LogP contribution in [-0.4, -0.2) is 46.5 Å². The highest BCUT2D eigenvalue weighted by molar-refractivity contribution is 5.98. The summed E-state index contributed by atoms with van der Waals surface area (Å²) in [4.78, 5) is 25.4. The fourth-order valence-corrected chi connectivity index (χ4v) is 3.15. The zero-order valence-electron chi connectivity index (χ0n) is 14.1. The first-order valence-corrected chi connectivity index (χ1v) is 8.30. The van der Waals surface area contributed by atoms with Crippen molar-refractivity contribution in [2.24, 2.45) is 0 Å². The Balaban J connectivity index is 1.78. The van der Waals surface area contributed by atoms with E-state index in [1.54, 1.807) is 6.92 Å². The maximum absolute atomic E-state index is 12.9. The van der Waals surface area contributed by atoms with Crippen molar-refractivity contribution < 1.29 is 4.79 Å². The minimum atomic E-state index is -0.0768. The number of hydrogen-bond donors (Lipinski definition) is 1. The molecule has 1 fully saturated rings. The van der Waals surface area contributed by atoms with Gasteiger partial charge in [0, 0.05) is 37.6 Å². The Morgan fingerprint density at radius 3 is 2.71 bits per heavy atom. The molecular formula is C18H23N5O. The molecule has 2 aromatic rings. The topological polar surface area (TPSA) is 75.3 Å². The van der Waals surface area contributed by atoms with Gasteiger partial charge in [-0.05, 0) is 25.5 Å². The zero-order valence-corrected chi connectivity index (χ0v) is 14.1. The summed E-state index contributed by atoms with van der Waals surface area (Å²) in [7, 11) is 0. The second-order valence-corrected chi connectivity index (χ2v) is 6.06. The number of amides is 1. The molecule has 1 aromatic heterocycles. The van der Waals surface area contributed by atoms with Crippen LogP contribution in [0.2, 0.25) is 0 Å². The van der Waals surface area contributed by atoms with Crippen LogP contribution in [0, 0.1) is 6.92 Å². The Bertz CT molecular complexity index is 719. The Hall–Kier alpha value is -2.63. The first kappa shape index (κ1) is 16.2. The third-order valence-corrected chi connectivity index (χ3v) is 4.51. The Kier molecular flexibility index (Phi) is 4.64. The molecule has 0 saturated carbocycles. The van der Waals surface area contributed by atoms with Gasteiger partial charge < -0.3 is 15.5 Å². The molecule has 1 unspecified atom stereocenters. The van der Waals surface area contributed by atoms with Gasteiger partial charge in [-0.2, -0.15) is 0 Å². The maximum Gasteiger partial charge on any atom is 0.259 e. The number of para-hydroxylation sites is 1. The molecule has 24 heavy (non-hydrogen) atoms. The third-order valence-electron chi connectivity index (χ3n) is 4.51. The molecule has 2 heterocycles. The van der Waals surface area contributed by atoms with Crippen molar-refractivity contribution >= 4 is 17.4 Å². The van der Waals surface area contributed by atoms with Crippen LogP contribution in [0.4, 0.5) is 11.5 Å². The van der Waals surface area contributed by atoms with Gasteiger partial charge in [-0.15, -0.1) is 0 Å². The van der Waals surface area contributed by atoms with E-state index in [0.29, 0.717) is 17.9 Å². The van der Waals surface area contributed by atoms with Crippen molar-refractivity contribution in [1.29, 1.82) is 0 Å². The van der Waals surface area contributed by atoms with Crippen LogP contribution >= 0.6 is 0 Å². The molecule has 6 heteroatoms. The van der Waals surface area contributed by atoms with Gasteiger partial charge in [-0.1, -0.05) is 25.1 Å². The van der Waals surface area contributed by atoms with E-state index in [-0.39, 0.29) is 17.8 Å². The van der Waals surface area contributed by atoms with Gasteiger partial charge >= 0.3 is 0 Å². The summed E-state index contributed by atoms with van der Waals surface area (Å²) < 4.78 is 0. The highest BCUT2D eigenvalue weighted by Crippen LogP contribution is 2.22. The van der Waals surface area contributed by atoms with Crippen molar-refractivity contribution in [3.8, 4) is 0 Å². The molecule has 1 saturated heterocycles. The normalized spacial score (nSPS) is 17.8. The second kappa shape index (κ2) is 6.86. The number of rotatable bonds is 3. The quantitative estimate of drug-likeness (QED) is 0.935. The zero-order chi connectivity index (χ0) is 17.1. The number of nitrogen functional groups attached to an aromatic ring is 1. The standard InChI is InChI=1S/C18H23N5O/c1-3-14-12-22(15-7-5-4-6-8-15)9-10-23(14)18(24)16-11-20-13(2)21-17(16)19/h4-8,11,14H,3,9-10,12H2,1-2H3,(H2,19,20,21). The lowest BCUT2D eigenvalue weighted by Crippen LogP contribution is -2.55. The minimum Gasteiger partial charge on any atom is -0.383 e. The fraction of sp³-hybridized carbons (Fsp3) is 0.389. The lowest BCUT2D eigenvalue weighted by molar-refractivity contribution is 0.0652. The van der Waals surface area contributed by atoms with E-state index in [2.05, 4.69) is 33.9 Å². The average molecular weight is 325 g/mol. The van der Waals surface area contributed by atoms with Crippen molar-refractivity contribution in [3.63, 3.8) is 0 Å². The van der Waals surface area contributed by atoms with Crippen LogP contribution < -0.4 is 10.6 Å². The van der Waals surface area contributed by atoms with Gasteiger partial charge in [0.25, 0.3) is 5.91 Å². The van der Waals surface area contributed by atoms with Crippen LogP contribution in [0.25, 0.3) is 0 Å². The first-order valence-electron chi connectivity index (χ1n) is 8.30. The van der Waals surface area contributed by atoms with Crippen LogP contribution in [0.5, 0.6) is 0 Å². The molecule has 0 radical (unpaired) electrons. The lowest BCUT2D eigenvalue weighted by atomic mass is 10.1. The molecule has 126 valence electrons. The molecule has 1 atom stereocenters. The fourth-order valence-electron chi connectivity index (χ4n) is 3.15. The highest BCUT2D eigenvalue weighted by Gasteiger charge is 2.31. The SMILES string of the molecule is CCC1CN(c2ccccc2)CCN1C(=O)c1cnc(C)nc1N. The van der Waals surface area contributed by atoms with Crippen molar-refractivity contribution in [3.05, 3.63) is 47.9 Å². The number of anilines is 2. The summed E-state index contributed by atoms with van der Waals surface area (Å²) in [5.41, 5.74) is 7.52. The van der Waals surface area contributed by atoms with Crippen molar-refractivity contribution in [2.45, 2.75) is 26.3 Å². The molecule has 0 bridgehead atoms. The van der Waals surface area contributed by atoms with Gasteiger partial charge in [-0.25, -0.2) is 9.97 Å². The Morgan fingerprint density at radius 2 is 2.04 bits per heavy atom. The predicted molar refractivity (Wildman–Crippen MR) is 95.0 cm³/mol. The van der Waals surface area contributed by atoms with Gasteiger partial charge in [0.2, 0.25) is 0 Å². The number of aryl methyl sites for hydroxylation is 1. The van der Waals surface area contributed by atoms with E-state index in [1.165, 1.54) is 11.9 Å². The molecule has 0 spiro atoms. The third kappa shape index (κ3) is 3.18. The number of aromatic nitrogens is 2. The molecule has 2 N–H and O–H groups in total. The van der Waals surface area contributed by atoms with Gasteiger partial charge in [0.15, 0.2) is 0 Å². The van der Waals surface area contributed by atoms with E-state index in [1.807, 2.05) is 23.1 Å². The number of piperazine rings is 1. The molecule has 1 aliphatic rings. The van der Waals surface area contributed by atoms with Crippen LogP contribution in [-0.2, 0) is 0 Å². The number of carbonyl (C=O) groups is 1. The van der Waals surface area contributed by atoms with E-state index in [4.69, 9.17) is 5.73 Å². The molecule has 0 aliphatic carbocycles. The predicted octanol–water partition coefficient (Wildman–Crippen LogP) is 2.11. The number of benzene rings is 1.